The first-order valence-corrected chi connectivity index (χ1v) is 7.86. The Hall–Kier alpha value is -2.79. The molecule has 1 heterocycles. The van der Waals surface area contributed by atoms with Crippen LogP contribution in [0.15, 0.2) is 45.9 Å². The van der Waals surface area contributed by atoms with E-state index in [1.54, 1.807) is 4.72 Å². The molecule has 8 nitrogen and oxygen atoms in total. The maximum Gasteiger partial charge on any atom is 0.305 e. The highest BCUT2D eigenvalue weighted by atomic mass is 32.2. The highest BCUT2D eigenvalue weighted by molar-refractivity contribution is 7.89. The van der Waals surface area contributed by atoms with Crippen molar-refractivity contribution in [3.63, 3.8) is 0 Å². The van der Waals surface area contributed by atoms with Crippen molar-refractivity contribution in [1.29, 1.82) is 0 Å². The van der Waals surface area contributed by atoms with Crippen LogP contribution in [-0.2, 0) is 14.8 Å². The summed E-state index contributed by atoms with van der Waals surface area (Å²) in [7, 11) is -4.59. The van der Waals surface area contributed by atoms with Gasteiger partial charge in [0, 0.05) is 0 Å². The van der Waals surface area contributed by atoms with Crippen molar-refractivity contribution in [2.45, 2.75) is 4.90 Å². The van der Waals surface area contributed by atoms with E-state index < -0.39 is 44.9 Å². The van der Waals surface area contributed by atoms with Crippen molar-refractivity contribution in [2.24, 2.45) is 0 Å². The average molecular weight is 359 g/mol. The van der Waals surface area contributed by atoms with Crippen LogP contribution in [-0.4, -0.2) is 26.8 Å². The molecule has 0 saturated heterocycles. The van der Waals surface area contributed by atoms with Gasteiger partial charge in [0.25, 0.3) is 5.91 Å². The van der Waals surface area contributed by atoms with Gasteiger partial charge in [0.1, 0.15) is 11.6 Å². The van der Waals surface area contributed by atoms with Crippen molar-refractivity contribution >= 4 is 21.8 Å². The van der Waals surface area contributed by atoms with E-state index in [0.29, 0.717) is 0 Å². The van der Waals surface area contributed by atoms with Gasteiger partial charge in [-0.2, -0.15) is 0 Å². The minimum Gasteiger partial charge on any atom is -0.459 e. The summed E-state index contributed by atoms with van der Waals surface area (Å²) in [5.41, 5.74) is 3.88. The van der Waals surface area contributed by atoms with E-state index in [1.165, 1.54) is 18.4 Å². The van der Waals surface area contributed by atoms with E-state index in [9.17, 15) is 26.8 Å². The van der Waals surface area contributed by atoms with E-state index in [4.69, 9.17) is 4.42 Å². The lowest BCUT2D eigenvalue weighted by atomic mass is 10.3. The number of benzene rings is 1. The first kappa shape index (κ1) is 17.6. The van der Waals surface area contributed by atoms with Crippen LogP contribution in [0.2, 0.25) is 0 Å². The summed E-state index contributed by atoms with van der Waals surface area (Å²) in [5.74, 6) is -4.40. The molecule has 0 aliphatic rings. The van der Waals surface area contributed by atoms with Gasteiger partial charge in [0.05, 0.1) is 12.8 Å². The molecule has 128 valence electrons. The second kappa shape index (κ2) is 7.19. The van der Waals surface area contributed by atoms with E-state index in [2.05, 4.69) is 0 Å². The number of hydrazine groups is 1. The van der Waals surface area contributed by atoms with E-state index in [-0.39, 0.29) is 5.76 Å². The number of carbonyl (C=O) groups excluding carboxylic acids is 2. The van der Waals surface area contributed by atoms with Crippen molar-refractivity contribution < 1.29 is 31.2 Å². The van der Waals surface area contributed by atoms with E-state index in [1.807, 2.05) is 10.9 Å². The zero-order valence-corrected chi connectivity index (χ0v) is 12.7. The molecule has 3 N–H and O–H groups in total. The third-order valence-corrected chi connectivity index (χ3v) is 4.12. The van der Waals surface area contributed by atoms with E-state index in [0.717, 1.165) is 18.2 Å². The number of furan rings is 1. The van der Waals surface area contributed by atoms with Crippen LogP contribution in [0.1, 0.15) is 10.6 Å². The molecule has 0 unspecified atom stereocenters. The van der Waals surface area contributed by atoms with Gasteiger partial charge in [0.15, 0.2) is 10.7 Å². The van der Waals surface area contributed by atoms with Crippen molar-refractivity contribution in [3.8, 4) is 0 Å². The molecule has 1 aromatic carbocycles. The number of rotatable bonds is 5. The van der Waals surface area contributed by atoms with Gasteiger partial charge in [-0.15, -0.1) is 0 Å². The summed E-state index contributed by atoms with van der Waals surface area (Å²) in [5, 5.41) is 0. The molecule has 0 aliphatic carbocycles. The quantitative estimate of drug-likeness (QED) is 0.664. The van der Waals surface area contributed by atoms with Gasteiger partial charge >= 0.3 is 5.91 Å². The summed E-state index contributed by atoms with van der Waals surface area (Å²) >= 11 is 0. The second-order valence-electron chi connectivity index (χ2n) is 4.35. The lowest BCUT2D eigenvalue weighted by Crippen LogP contribution is -2.46. The fraction of sp³-hybridized carbons (Fsp3) is 0.0769. The number of amides is 2. The molecular formula is C13H11F2N3O5S. The van der Waals surface area contributed by atoms with Crippen LogP contribution in [0.25, 0.3) is 0 Å². The smallest absolute Gasteiger partial charge is 0.305 e. The van der Waals surface area contributed by atoms with Crippen molar-refractivity contribution in [3.05, 3.63) is 54.0 Å². The molecule has 0 saturated carbocycles. The molecule has 0 aliphatic heterocycles. The Morgan fingerprint density at radius 1 is 1.04 bits per heavy atom. The molecule has 2 rings (SSSR count). The zero-order valence-electron chi connectivity index (χ0n) is 11.9. The predicted octanol–water partition coefficient (Wildman–Crippen LogP) is 0.297. The maximum atomic E-state index is 13.5. The molecule has 0 radical (unpaired) electrons. The minimum atomic E-state index is -4.59. The molecule has 2 amide bonds. The minimum absolute atomic E-state index is 0.0793. The molecular weight excluding hydrogens is 348 g/mol. The topological polar surface area (TPSA) is 118 Å². The summed E-state index contributed by atoms with van der Waals surface area (Å²) in [6.45, 7) is -0.853. The average Bonchev–Trinajstić information content (AvgIpc) is 3.04. The first-order chi connectivity index (χ1) is 11.3. The fourth-order valence-corrected chi connectivity index (χ4v) is 2.73. The van der Waals surface area contributed by atoms with Gasteiger partial charge in [-0.25, -0.2) is 21.9 Å². The highest BCUT2D eigenvalue weighted by Gasteiger charge is 2.24. The Balaban J connectivity index is 1.92. The number of hydrogen-bond donors (Lipinski definition) is 3. The van der Waals surface area contributed by atoms with Crippen LogP contribution in [0.3, 0.4) is 0 Å². The first-order valence-electron chi connectivity index (χ1n) is 6.37. The Kier molecular flexibility index (Phi) is 5.26. The molecule has 0 spiro atoms. The fourth-order valence-electron chi connectivity index (χ4n) is 1.61. The second-order valence-corrected chi connectivity index (χ2v) is 6.06. The lowest BCUT2D eigenvalue weighted by molar-refractivity contribution is -0.120. The largest absolute Gasteiger partial charge is 0.459 e. The standard InChI is InChI=1S/C13H11F2N3O5S/c14-8-3-1-4-9(15)12(8)24(21,22)16-7-11(19)17-18-13(20)10-5-2-6-23-10/h1-6,16H,7H2,(H,17,19)(H,18,20). The molecule has 24 heavy (non-hydrogen) atoms. The number of carbonyl (C=O) groups is 2. The Bertz CT molecular complexity index is 832. The van der Waals surface area contributed by atoms with Gasteiger partial charge in [0.2, 0.25) is 10.0 Å². The molecule has 0 bridgehead atoms. The van der Waals surface area contributed by atoms with Gasteiger partial charge in [-0.05, 0) is 24.3 Å². The number of hydrogen-bond acceptors (Lipinski definition) is 5. The number of halogens is 2. The SMILES string of the molecule is O=C(CNS(=O)(=O)c1c(F)cccc1F)NNC(=O)c1ccco1. The molecule has 1 aromatic heterocycles. The lowest BCUT2D eigenvalue weighted by Gasteiger charge is -2.09. The zero-order chi connectivity index (χ0) is 17.7. The predicted molar refractivity (Wildman–Crippen MR) is 75.9 cm³/mol. The van der Waals surface area contributed by atoms with Crippen LogP contribution in [0, 0.1) is 11.6 Å². The molecule has 11 heteroatoms. The third-order valence-electron chi connectivity index (χ3n) is 2.67. The van der Waals surface area contributed by atoms with Gasteiger partial charge in [-0.3, -0.25) is 20.4 Å². The number of sulfonamides is 1. The summed E-state index contributed by atoms with van der Waals surface area (Å²) in [6.07, 6.45) is 1.24. The Morgan fingerprint density at radius 3 is 2.29 bits per heavy atom. The Labute approximate surface area is 134 Å². The molecule has 2 aromatic rings. The van der Waals surface area contributed by atoms with Gasteiger partial charge < -0.3 is 4.42 Å². The third kappa shape index (κ3) is 4.14. The summed E-state index contributed by atoms with van der Waals surface area (Å²) in [4.78, 5) is 21.8. The van der Waals surface area contributed by atoms with Crippen molar-refractivity contribution in [1.82, 2.24) is 15.6 Å². The molecule has 0 fully saturated rings. The van der Waals surface area contributed by atoms with Gasteiger partial charge in [-0.1, -0.05) is 6.07 Å². The van der Waals surface area contributed by atoms with E-state index >= 15 is 0 Å². The highest BCUT2D eigenvalue weighted by Crippen LogP contribution is 2.17. The van der Waals surface area contributed by atoms with Crippen LogP contribution in [0.5, 0.6) is 0 Å². The van der Waals surface area contributed by atoms with Crippen LogP contribution < -0.4 is 15.6 Å². The molecule has 0 atom stereocenters. The Morgan fingerprint density at radius 2 is 1.71 bits per heavy atom. The number of nitrogens with one attached hydrogen (secondary N) is 3. The van der Waals surface area contributed by atoms with Crippen LogP contribution >= 0.6 is 0 Å². The maximum absolute atomic E-state index is 13.5. The normalized spacial score (nSPS) is 11.1. The summed E-state index contributed by atoms with van der Waals surface area (Å²) in [6, 6.07) is 5.32. The monoisotopic (exact) mass is 359 g/mol. The summed E-state index contributed by atoms with van der Waals surface area (Å²) < 4.78 is 57.1. The van der Waals surface area contributed by atoms with Crippen LogP contribution in [0.4, 0.5) is 8.78 Å². The van der Waals surface area contributed by atoms with Crippen molar-refractivity contribution in [2.75, 3.05) is 6.54 Å².